The van der Waals surface area contributed by atoms with Gasteiger partial charge in [0.25, 0.3) is 0 Å². The SMILES string of the molecule is CC.CCCC#Cc1cn(C)cn1. The second-order valence-electron chi connectivity index (χ2n) is 2.48. The molecule has 0 saturated heterocycles. The molecule has 2 heteroatoms. The molecule has 0 fully saturated rings. The third kappa shape index (κ3) is 5.08. The van der Waals surface area contributed by atoms with Crippen molar-refractivity contribution >= 4 is 0 Å². The van der Waals surface area contributed by atoms with Crippen LogP contribution in [-0.2, 0) is 7.05 Å². The van der Waals surface area contributed by atoms with Crippen LogP contribution in [0.25, 0.3) is 0 Å². The maximum atomic E-state index is 4.08. The molecular weight excluding hydrogens is 160 g/mol. The van der Waals surface area contributed by atoms with Crippen LogP contribution in [0.3, 0.4) is 0 Å². The Hall–Kier alpha value is -1.23. The van der Waals surface area contributed by atoms with Gasteiger partial charge < -0.3 is 4.57 Å². The summed E-state index contributed by atoms with van der Waals surface area (Å²) in [6.07, 6.45) is 5.75. The molecule has 0 aliphatic heterocycles. The molecule has 0 unspecified atom stereocenters. The minimum Gasteiger partial charge on any atom is -0.339 e. The highest BCUT2D eigenvalue weighted by Crippen LogP contribution is 1.91. The quantitative estimate of drug-likeness (QED) is 0.604. The van der Waals surface area contributed by atoms with Gasteiger partial charge >= 0.3 is 0 Å². The molecule has 0 aliphatic carbocycles. The molecule has 0 N–H and O–H groups in total. The van der Waals surface area contributed by atoms with Crippen LogP contribution in [0.2, 0.25) is 0 Å². The molecule has 0 saturated carbocycles. The number of rotatable bonds is 1. The molecule has 72 valence electrons. The average molecular weight is 178 g/mol. The van der Waals surface area contributed by atoms with E-state index in [4.69, 9.17) is 0 Å². The van der Waals surface area contributed by atoms with Gasteiger partial charge in [0, 0.05) is 19.7 Å². The fourth-order valence-corrected chi connectivity index (χ4v) is 0.755. The van der Waals surface area contributed by atoms with Crippen molar-refractivity contribution in [2.45, 2.75) is 33.6 Å². The molecule has 0 atom stereocenters. The second kappa shape index (κ2) is 7.42. The lowest BCUT2D eigenvalue weighted by Crippen LogP contribution is -1.77. The maximum absolute atomic E-state index is 4.08. The number of imidazole rings is 1. The van der Waals surface area contributed by atoms with E-state index in [1.165, 1.54) is 0 Å². The highest BCUT2D eigenvalue weighted by Gasteiger charge is 1.87. The molecule has 0 aromatic carbocycles. The summed E-state index contributed by atoms with van der Waals surface area (Å²) in [5.41, 5.74) is 0.862. The van der Waals surface area contributed by atoms with Crippen LogP contribution in [-0.4, -0.2) is 9.55 Å². The molecule has 1 rings (SSSR count). The molecular formula is C11H18N2. The van der Waals surface area contributed by atoms with Crippen molar-refractivity contribution in [2.24, 2.45) is 7.05 Å². The van der Waals surface area contributed by atoms with Crippen molar-refractivity contribution in [1.82, 2.24) is 9.55 Å². The molecule has 2 nitrogen and oxygen atoms in total. The molecule has 0 aliphatic rings. The number of hydrogen-bond acceptors (Lipinski definition) is 1. The third-order valence-corrected chi connectivity index (χ3v) is 1.30. The molecule has 1 aromatic heterocycles. The number of aromatic nitrogens is 2. The zero-order chi connectivity index (χ0) is 10.1. The lowest BCUT2D eigenvalue weighted by atomic mass is 10.3. The minimum atomic E-state index is 0.862. The fraction of sp³-hybridized carbons (Fsp3) is 0.545. The summed E-state index contributed by atoms with van der Waals surface area (Å²) in [5, 5.41) is 0. The van der Waals surface area contributed by atoms with Crippen LogP contribution >= 0.6 is 0 Å². The Morgan fingerprint density at radius 1 is 1.46 bits per heavy atom. The second-order valence-corrected chi connectivity index (χ2v) is 2.48. The van der Waals surface area contributed by atoms with E-state index in [1.807, 2.05) is 31.7 Å². The first kappa shape index (κ1) is 11.8. The van der Waals surface area contributed by atoms with Crippen molar-refractivity contribution in [2.75, 3.05) is 0 Å². The Labute approximate surface area is 81.0 Å². The summed E-state index contributed by atoms with van der Waals surface area (Å²) >= 11 is 0. The number of unbranched alkanes of at least 4 members (excludes halogenated alkanes) is 1. The number of nitrogens with zero attached hydrogens (tertiary/aromatic N) is 2. The van der Waals surface area contributed by atoms with E-state index < -0.39 is 0 Å². The predicted molar refractivity (Wildman–Crippen MR) is 56.3 cm³/mol. The first-order valence-electron chi connectivity index (χ1n) is 4.79. The van der Waals surface area contributed by atoms with Gasteiger partial charge in [-0.1, -0.05) is 26.7 Å². The zero-order valence-electron chi connectivity index (χ0n) is 8.96. The van der Waals surface area contributed by atoms with Gasteiger partial charge in [0.2, 0.25) is 0 Å². The van der Waals surface area contributed by atoms with Crippen molar-refractivity contribution in [3.8, 4) is 11.8 Å². The Morgan fingerprint density at radius 3 is 2.62 bits per heavy atom. The van der Waals surface area contributed by atoms with Crippen LogP contribution in [0.15, 0.2) is 12.5 Å². The first-order valence-corrected chi connectivity index (χ1v) is 4.79. The first-order chi connectivity index (χ1) is 6.33. The van der Waals surface area contributed by atoms with Gasteiger partial charge in [0.1, 0.15) is 5.69 Å². The Bertz CT molecular complexity index is 276. The summed E-state index contributed by atoms with van der Waals surface area (Å²) in [5.74, 6) is 6.02. The molecule has 0 bridgehead atoms. The monoisotopic (exact) mass is 178 g/mol. The van der Waals surface area contributed by atoms with E-state index >= 15 is 0 Å². The normalized spacial score (nSPS) is 8.00. The Morgan fingerprint density at radius 2 is 2.15 bits per heavy atom. The third-order valence-electron chi connectivity index (χ3n) is 1.30. The van der Waals surface area contributed by atoms with Crippen molar-refractivity contribution in [1.29, 1.82) is 0 Å². The largest absolute Gasteiger partial charge is 0.339 e. The van der Waals surface area contributed by atoms with Crippen molar-refractivity contribution in [3.05, 3.63) is 18.2 Å². The summed E-state index contributed by atoms with van der Waals surface area (Å²) in [7, 11) is 1.94. The lowest BCUT2D eigenvalue weighted by Gasteiger charge is -1.79. The Balaban J connectivity index is 0.000000671. The number of aryl methyl sites for hydroxylation is 1. The molecule has 0 spiro atoms. The average Bonchev–Trinajstić information content (AvgIpc) is 2.56. The van der Waals surface area contributed by atoms with E-state index in [2.05, 4.69) is 23.7 Å². The predicted octanol–water partition coefficient (Wildman–Crippen LogP) is 2.60. The van der Waals surface area contributed by atoms with Gasteiger partial charge in [-0.2, -0.15) is 0 Å². The fourth-order valence-electron chi connectivity index (χ4n) is 0.755. The van der Waals surface area contributed by atoms with Crippen molar-refractivity contribution in [3.63, 3.8) is 0 Å². The molecule has 0 radical (unpaired) electrons. The van der Waals surface area contributed by atoms with Gasteiger partial charge in [0.05, 0.1) is 6.33 Å². The standard InChI is InChI=1S/C9H12N2.C2H6/c1-3-4-5-6-9-7-11(2)8-10-9;1-2/h7-8H,3-4H2,1-2H3;1-2H3. The summed E-state index contributed by atoms with van der Waals surface area (Å²) in [4.78, 5) is 4.08. The summed E-state index contributed by atoms with van der Waals surface area (Å²) < 4.78 is 1.90. The van der Waals surface area contributed by atoms with E-state index in [1.54, 1.807) is 6.33 Å². The van der Waals surface area contributed by atoms with Crippen molar-refractivity contribution < 1.29 is 0 Å². The smallest absolute Gasteiger partial charge is 0.131 e. The van der Waals surface area contributed by atoms with Crippen LogP contribution in [0, 0.1) is 11.8 Å². The summed E-state index contributed by atoms with van der Waals surface area (Å²) in [6, 6.07) is 0. The zero-order valence-corrected chi connectivity index (χ0v) is 8.96. The minimum absolute atomic E-state index is 0.862. The van der Waals surface area contributed by atoms with Gasteiger partial charge in [-0.15, -0.1) is 0 Å². The Kier molecular flexibility index (Phi) is 6.72. The van der Waals surface area contributed by atoms with Crippen LogP contribution in [0.1, 0.15) is 39.3 Å². The summed E-state index contributed by atoms with van der Waals surface area (Å²) in [6.45, 7) is 6.12. The van der Waals surface area contributed by atoms with E-state index in [-0.39, 0.29) is 0 Å². The van der Waals surface area contributed by atoms with E-state index in [0.29, 0.717) is 0 Å². The highest BCUT2D eigenvalue weighted by atomic mass is 15.0. The van der Waals surface area contributed by atoms with Gasteiger partial charge in [-0.25, -0.2) is 4.98 Å². The molecule has 13 heavy (non-hydrogen) atoms. The van der Waals surface area contributed by atoms with Gasteiger partial charge in [-0.3, -0.25) is 0 Å². The molecule has 1 heterocycles. The molecule has 0 amide bonds. The van der Waals surface area contributed by atoms with Gasteiger partial charge in [0.15, 0.2) is 0 Å². The number of hydrogen-bond donors (Lipinski definition) is 0. The van der Waals surface area contributed by atoms with Crippen LogP contribution in [0.4, 0.5) is 0 Å². The topological polar surface area (TPSA) is 17.8 Å². The van der Waals surface area contributed by atoms with E-state index in [0.717, 1.165) is 18.5 Å². The highest BCUT2D eigenvalue weighted by molar-refractivity contribution is 5.24. The van der Waals surface area contributed by atoms with E-state index in [9.17, 15) is 0 Å². The van der Waals surface area contributed by atoms with Crippen LogP contribution < -0.4 is 0 Å². The van der Waals surface area contributed by atoms with Crippen LogP contribution in [0.5, 0.6) is 0 Å². The lowest BCUT2D eigenvalue weighted by molar-refractivity contribution is 0.913. The molecule has 1 aromatic rings. The maximum Gasteiger partial charge on any atom is 0.131 e. The van der Waals surface area contributed by atoms with Gasteiger partial charge in [-0.05, 0) is 12.3 Å².